The molecule has 1 heterocycles. The van der Waals surface area contributed by atoms with Gasteiger partial charge in [-0.15, -0.1) is 0 Å². The molecule has 0 saturated heterocycles. The molecule has 13 heteroatoms. The van der Waals surface area contributed by atoms with Crippen LogP contribution in [0.1, 0.15) is 23.1 Å². The minimum Gasteiger partial charge on any atom is -0.467 e. The van der Waals surface area contributed by atoms with E-state index in [1.54, 1.807) is 11.6 Å². The van der Waals surface area contributed by atoms with Crippen molar-refractivity contribution in [2.45, 2.75) is 18.7 Å². The minimum atomic E-state index is -4.47. The molecule has 1 aromatic heterocycles. The SMILES string of the molecule is CCOC(=O)c1ccc(Cl)cc1S(=O)(=O)NC(=O)Nc1nc(C)nc(OC)n1. The molecule has 1 aromatic carbocycles. The van der Waals surface area contributed by atoms with E-state index in [-0.39, 0.29) is 35.0 Å². The molecule has 11 nitrogen and oxygen atoms in total. The summed E-state index contributed by atoms with van der Waals surface area (Å²) in [6, 6.07) is 2.31. The fraction of sp³-hybridized carbons (Fsp3) is 0.267. The first kappa shape index (κ1) is 21.3. The van der Waals surface area contributed by atoms with Gasteiger partial charge in [-0.2, -0.15) is 15.0 Å². The largest absolute Gasteiger partial charge is 0.467 e. The van der Waals surface area contributed by atoms with E-state index in [1.807, 2.05) is 0 Å². The highest BCUT2D eigenvalue weighted by atomic mass is 35.5. The van der Waals surface area contributed by atoms with Crippen LogP contribution < -0.4 is 14.8 Å². The van der Waals surface area contributed by atoms with Crippen molar-refractivity contribution < 1.29 is 27.5 Å². The Balaban J connectivity index is 2.28. The van der Waals surface area contributed by atoms with E-state index in [0.717, 1.165) is 6.07 Å². The van der Waals surface area contributed by atoms with E-state index in [0.29, 0.717) is 0 Å². The molecule has 0 atom stereocenters. The quantitative estimate of drug-likeness (QED) is 0.651. The van der Waals surface area contributed by atoms with Gasteiger partial charge in [-0.25, -0.2) is 22.7 Å². The Labute approximate surface area is 165 Å². The first-order chi connectivity index (χ1) is 13.2. The first-order valence-electron chi connectivity index (χ1n) is 7.73. The maximum atomic E-state index is 12.6. The summed E-state index contributed by atoms with van der Waals surface area (Å²) in [5, 5.41) is 2.20. The summed E-state index contributed by atoms with van der Waals surface area (Å²) < 4.78 is 36.6. The number of benzene rings is 1. The number of aromatic nitrogens is 3. The van der Waals surface area contributed by atoms with Crippen molar-refractivity contribution in [2.24, 2.45) is 0 Å². The Bertz CT molecular complexity index is 1010. The summed E-state index contributed by atoms with van der Waals surface area (Å²) in [6.45, 7) is 3.13. The van der Waals surface area contributed by atoms with Crippen LogP contribution >= 0.6 is 11.6 Å². The Morgan fingerprint density at radius 2 is 1.93 bits per heavy atom. The second-order valence-electron chi connectivity index (χ2n) is 5.11. The Kier molecular flexibility index (Phi) is 6.70. The Hall–Kier alpha value is -2.99. The molecule has 0 bridgehead atoms. The summed E-state index contributed by atoms with van der Waals surface area (Å²) in [4.78, 5) is 35.1. The average molecular weight is 430 g/mol. The fourth-order valence-electron chi connectivity index (χ4n) is 2.00. The number of hydrogen-bond acceptors (Lipinski definition) is 9. The summed E-state index contributed by atoms with van der Waals surface area (Å²) in [5.74, 6) is -0.865. The van der Waals surface area contributed by atoms with Gasteiger partial charge in [-0.1, -0.05) is 11.6 Å². The lowest BCUT2D eigenvalue weighted by atomic mass is 10.2. The van der Waals surface area contributed by atoms with Gasteiger partial charge >= 0.3 is 18.0 Å². The summed E-state index contributed by atoms with van der Waals surface area (Å²) in [5.41, 5.74) is -0.274. The number of sulfonamides is 1. The third-order valence-corrected chi connectivity index (χ3v) is 4.70. The number of carbonyl (C=O) groups excluding carboxylic acids is 2. The van der Waals surface area contributed by atoms with Crippen LogP contribution in [0.2, 0.25) is 5.02 Å². The second-order valence-corrected chi connectivity index (χ2v) is 7.20. The van der Waals surface area contributed by atoms with Gasteiger partial charge in [0, 0.05) is 5.02 Å². The highest BCUT2D eigenvalue weighted by Crippen LogP contribution is 2.22. The molecule has 0 aliphatic rings. The number of esters is 1. The monoisotopic (exact) mass is 429 g/mol. The number of amides is 2. The molecular formula is C15H16ClN5O6S. The molecule has 150 valence electrons. The van der Waals surface area contributed by atoms with Crippen molar-refractivity contribution >= 4 is 39.6 Å². The summed E-state index contributed by atoms with van der Waals surface area (Å²) in [7, 11) is -3.15. The lowest BCUT2D eigenvalue weighted by Crippen LogP contribution is -2.35. The first-order valence-corrected chi connectivity index (χ1v) is 9.59. The van der Waals surface area contributed by atoms with Gasteiger partial charge in [0.05, 0.1) is 19.3 Å². The predicted octanol–water partition coefficient (Wildman–Crippen LogP) is 1.53. The lowest BCUT2D eigenvalue weighted by molar-refractivity contribution is 0.0521. The van der Waals surface area contributed by atoms with Crippen LogP contribution in [0.5, 0.6) is 6.01 Å². The maximum Gasteiger partial charge on any atom is 0.339 e. The van der Waals surface area contributed by atoms with Crippen LogP contribution in [-0.2, 0) is 14.8 Å². The van der Waals surface area contributed by atoms with Crippen LogP contribution in [0, 0.1) is 6.92 Å². The van der Waals surface area contributed by atoms with Gasteiger partial charge in [0.15, 0.2) is 0 Å². The zero-order chi connectivity index (χ0) is 20.9. The highest BCUT2D eigenvalue weighted by molar-refractivity contribution is 7.90. The van der Waals surface area contributed by atoms with Gasteiger partial charge in [0.1, 0.15) is 10.7 Å². The van der Waals surface area contributed by atoms with Crippen LogP contribution in [0.3, 0.4) is 0 Å². The third-order valence-electron chi connectivity index (χ3n) is 3.09. The van der Waals surface area contributed by atoms with E-state index in [4.69, 9.17) is 21.1 Å². The molecular weight excluding hydrogens is 414 g/mol. The number of halogens is 1. The number of anilines is 1. The third kappa shape index (κ3) is 5.27. The summed E-state index contributed by atoms with van der Waals surface area (Å²) >= 11 is 5.84. The number of aryl methyl sites for hydroxylation is 1. The standard InChI is InChI=1S/C15H16ClN5O6S/c1-4-27-12(22)10-6-5-9(16)7-11(10)28(24,25)21-14(23)19-13-17-8(2)18-15(20-13)26-3/h5-7H,4H2,1-3H3,(H2,17,18,19,20,21,23). The topological polar surface area (TPSA) is 149 Å². The number of ether oxygens (including phenoxy) is 2. The van der Waals surface area contributed by atoms with Gasteiger partial charge in [-0.3, -0.25) is 5.32 Å². The average Bonchev–Trinajstić information content (AvgIpc) is 2.60. The zero-order valence-corrected chi connectivity index (χ0v) is 16.6. The minimum absolute atomic E-state index is 0.0371. The zero-order valence-electron chi connectivity index (χ0n) is 15.0. The van der Waals surface area contributed by atoms with E-state index >= 15 is 0 Å². The number of urea groups is 1. The molecule has 2 amide bonds. The molecule has 0 spiro atoms. The molecule has 0 aliphatic heterocycles. The Morgan fingerprint density at radius 1 is 1.21 bits per heavy atom. The normalized spacial score (nSPS) is 10.9. The second kappa shape index (κ2) is 8.80. The van der Waals surface area contributed by atoms with E-state index in [2.05, 4.69) is 20.3 Å². The van der Waals surface area contributed by atoms with Crippen LogP contribution in [0.25, 0.3) is 0 Å². The molecule has 28 heavy (non-hydrogen) atoms. The van der Waals surface area contributed by atoms with Gasteiger partial charge in [-0.05, 0) is 32.0 Å². The summed E-state index contributed by atoms with van der Waals surface area (Å²) in [6.07, 6.45) is 0. The molecule has 0 aliphatic carbocycles. The molecule has 2 aromatic rings. The van der Waals surface area contributed by atoms with Gasteiger partial charge in [0.25, 0.3) is 10.0 Å². The molecule has 0 unspecified atom stereocenters. The lowest BCUT2D eigenvalue weighted by Gasteiger charge is -2.12. The number of nitrogens with zero attached hydrogens (tertiary/aromatic N) is 3. The smallest absolute Gasteiger partial charge is 0.339 e. The number of carbonyl (C=O) groups is 2. The van der Waals surface area contributed by atoms with Crippen molar-refractivity contribution in [3.63, 3.8) is 0 Å². The predicted molar refractivity (Wildman–Crippen MR) is 97.9 cm³/mol. The number of rotatable bonds is 6. The van der Waals surface area contributed by atoms with Crippen molar-refractivity contribution in [3.05, 3.63) is 34.6 Å². The van der Waals surface area contributed by atoms with E-state index < -0.39 is 26.9 Å². The molecule has 2 rings (SSSR count). The Morgan fingerprint density at radius 3 is 2.57 bits per heavy atom. The van der Waals surface area contributed by atoms with Crippen LogP contribution in [-0.4, -0.2) is 49.1 Å². The molecule has 2 N–H and O–H groups in total. The number of nitrogens with one attached hydrogen (secondary N) is 2. The van der Waals surface area contributed by atoms with E-state index in [1.165, 1.54) is 26.2 Å². The van der Waals surface area contributed by atoms with Gasteiger partial charge < -0.3 is 9.47 Å². The van der Waals surface area contributed by atoms with Crippen molar-refractivity contribution in [2.75, 3.05) is 19.0 Å². The highest BCUT2D eigenvalue weighted by Gasteiger charge is 2.26. The van der Waals surface area contributed by atoms with Crippen molar-refractivity contribution in [3.8, 4) is 6.01 Å². The fourth-order valence-corrected chi connectivity index (χ4v) is 3.37. The molecule has 0 radical (unpaired) electrons. The van der Waals surface area contributed by atoms with Crippen LogP contribution in [0.15, 0.2) is 23.1 Å². The molecule has 0 saturated carbocycles. The van der Waals surface area contributed by atoms with Crippen molar-refractivity contribution in [1.29, 1.82) is 0 Å². The van der Waals surface area contributed by atoms with Crippen molar-refractivity contribution in [1.82, 2.24) is 19.7 Å². The van der Waals surface area contributed by atoms with Crippen LogP contribution in [0.4, 0.5) is 10.7 Å². The number of hydrogen-bond donors (Lipinski definition) is 2. The maximum absolute atomic E-state index is 12.6. The van der Waals surface area contributed by atoms with Gasteiger partial charge in [0.2, 0.25) is 5.95 Å². The molecule has 0 fully saturated rings. The van der Waals surface area contributed by atoms with E-state index in [9.17, 15) is 18.0 Å². The number of methoxy groups -OCH3 is 1.